The van der Waals surface area contributed by atoms with Crippen molar-refractivity contribution in [2.24, 2.45) is 5.92 Å². The quantitative estimate of drug-likeness (QED) is 0.350. The molecule has 4 rings (SSSR count). The third-order valence-electron chi connectivity index (χ3n) is 4.15. The normalized spacial score (nSPS) is 19.7. The van der Waals surface area contributed by atoms with Crippen molar-refractivity contribution in [3.63, 3.8) is 0 Å². The summed E-state index contributed by atoms with van der Waals surface area (Å²) < 4.78 is 1.05. The topological polar surface area (TPSA) is 73.9 Å². The Kier molecular flexibility index (Phi) is 3.33. The highest BCUT2D eigenvalue weighted by molar-refractivity contribution is 14.1. The molecule has 6 nitrogen and oxygen atoms in total. The summed E-state index contributed by atoms with van der Waals surface area (Å²) in [6, 6.07) is 0.400. The van der Waals surface area contributed by atoms with E-state index in [1.54, 1.807) is 12.5 Å². The van der Waals surface area contributed by atoms with Gasteiger partial charge in [0.2, 0.25) is 0 Å². The first kappa shape index (κ1) is 13.4. The lowest BCUT2D eigenvalue weighted by molar-refractivity contribution is 0.0969. The summed E-state index contributed by atoms with van der Waals surface area (Å²) in [6.45, 7) is 2.04. The summed E-state index contributed by atoms with van der Waals surface area (Å²) in [4.78, 5) is 26.4. The van der Waals surface area contributed by atoms with Gasteiger partial charge in [0.15, 0.2) is 5.78 Å². The molecule has 2 aromatic rings. The largest absolute Gasteiger partial charge is 0.364 e. The number of Topliss-reactive ketones (excluding diaryl/α,β-unsaturated/α-hetero) is 1. The van der Waals surface area contributed by atoms with E-state index in [1.165, 1.54) is 0 Å². The third kappa shape index (κ3) is 2.42. The number of ketones is 1. The number of likely N-dealkylation sites (tertiary alicyclic amines) is 1. The van der Waals surface area contributed by atoms with Gasteiger partial charge in [-0.1, -0.05) is 22.6 Å². The van der Waals surface area contributed by atoms with Crippen LogP contribution in [0.1, 0.15) is 23.2 Å². The zero-order valence-corrected chi connectivity index (χ0v) is 13.6. The van der Waals surface area contributed by atoms with Gasteiger partial charge in [0.05, 0.1) is 16.0 Å². The van der Waals surface area contributed by atoms with Crippen LogP contribution >= 0.6 is 22.6 Å². The number of carbonyl (C=O) groups excluding carboxylic acids is 1. The van der Waals surface area contributed by atoms with Crippen LogP contribution < -0.4 is 5.32 Å². The Morgan fingerprint density at radius 1 is 1.43 bits per heavy atom. The summed E-state index contributed by atoms with van der Waals surface area (Å²) in [6.07, 6.45) is 5.34. The predicted molar refractivity (Wildman–Crippen MR) is 88.8 cm³/mol. The SMILES string of the molecule is O=C(c1c[nH]c2ncnc(NC3CN(CI)C3)c12)C1CC1. The van der Waals surface area contributed by atoms with E-state index in [-0.39, 0.29) is 11.7 Å². The molecule has 7 heteroatoms. The molecule has 2 fully saturated rings. The summed E-state index contributed by atoms with van der Waals surface area (Å²) in [5, 5.41) is 4.31. The first-order valence-electron chi connectivity index (χ1n) is 7.17. The average Bonchev–Trinajstić information content (AvgIpc) is 3.21. The Labute approximate surface area is 135 Å². The van der Waals surface area contributed by atoms with Crippen molar-refractivity contribution in [1.82, 2.24) is 19.9 Å². The van der Waals surface area contributed by atoms with Crippen LogP contribution in [0.2, 0.25) is 0 Å². The van der Waals surface area contributed by atoms with Crippen molar-refractivity contribution in [2.45, 2.75) is 18.9 Å². The van der Waals surface area contributed by atoms with Crippen LogP contribution in [0.4, 0.5) is 5.82 Å². The van der Waals surface area contributed by atoms with E-state index in [0.29, 0.717) is 6.04 Å². The van der Waals surface area contributed by atoms with Crippen LogP contribution in [0.3, 0.4) is 0 Å². The van der Waals surface area contributed by atoms with E-state index in [1.807, 2.05) is 0 Å². The van der Waals surface area contributed by atoms with E-state index in [0.717, 1.165) is 52.9 Å². The maximum absolute atomic E-state index is 12.4. The zero-order valence-electron chi connectivity index (χ0n) is 11.5. The Bertz CT molecular complexity index is 690. The molecule has 1 saturated heterocycles. The molecular formula is C14H16IN5O. The summed E-state index contributed by atoms with van der Waals surface area (Å²) in [5.74, 6) is 1.21. The Morgan fingerprint density at radius 3 is 2.95 bits per heavy atom. The number of hydrogen-bond acceptors (Lipinski definition) is 5. The molecule has 0 radical (unpaired) electrons. The number of carbonyl (C=O) groups is 1. The maximum atomic E-state index is 12.4. The number of rotatable bonds is 5. The Balaban J connectivity index is 1.64. The molecule has 1 aliphatic carbocycles. The second-order valence-corrected chi connectivity index (χ2v) is 6.47. The van der Waals surface area contributed by atoms with E-state index in [2.05, 4.69) is 47.8 Å². The molecule has 1 aliphatic heterocycles. The molecule has 1 saturated carbocycles. The summed E-state index contributed by atoms with van der Waals surface area (Å²) >= 11 is 2.37. The van der Waals surface area contributed by atoms with Crippen molar-refractivity contribution >= 4 is 45.2 Å². The van der Waals surface area contributed by atoms with E-state index >= 15 is 0 Å². The Morgan fingerprint density at radius 2 is 2.24 bits per heavy atom. The predicted octanol–water partition coefficient (Wildman–Crippen LogP) is 2.04. The fourth-order valence-electron chi connectivity index (χ4n) is 2.78. The van der Waals surface area contributed by atoms with Crippen LogP contribution in [-0.2, 0) is 0 Å². The highest BCUT2D eigenvalue weighted by Crippen LogP contribution is 2.36. The van der Waals surface area contributed by atoms with Crippen molar-refractivity contribution in [3.05, 3.63) is 18.1 Å². The summed E-state index contributed by atoms with van der Waals surface area (Å²) in [7, 11) is 0. The molecule has 0 spiro atoms. The molecule has 0 amide bonds. The van der Waals surface area contributed by atoms with Gasteiger partial charge >= 0.3 is 0 Å². The van der Waals surface area contributed by atoms with Crippen LogP contribution in [-0.4, -0.2) is 49.3 Å². The van der Waals surface area contributed by atoms with Gasteiger partial charge in [-0.2, -0.15) is 0 Å². The second kappa shape index (κ2) is 5.20. The molecule has 2 aliphatic rings. The molecule has 0 aromatic carbocycles. The number of alkyl halides is 1. The lowest BCUT2D eigenvalue weighted by Gasteiger charge is -2.38. The monoisotopic (exact) mass is 397 g/mol. The zero-order chi connectivity index (χ0) is 14.4. The lowest BCUT2D eigenvalue weighted by atomic mass is 10.1. The number of hydrogen-bond donors (Lipinski definition) is 2. The van der Waals surface area contributed by atoms with Gasteiger partial charge in [-0.05, 0) is 12.8 Å². The molecule has 0 unspecified atom stereocenters. The molecule has 110 valence electrons. The van der Waals surface area contributed by atoms with E-state index < -0.39 is 0 Å². The number of halogens is 1. The van der Waals surface area contributed by atoms with Gasteiger partial charge in [0.25, 0.3) is 0 Å². The smallest absolute Gasteiger partial charge is 0.168 e. The molecular weight excluding hydrogens is 381 g/mol. The van der Waals surface area contributed by atoms with Crippen LogP contribution in [0.5, 0.6) is 0 Å². The number of H-pyrrole nitrogens is 1. The number of aromatic nitrogens is 3. The molecule has 0 atom stereocenters. The highest BCUT2D eigenvalue weighted by Gasteiger charge is 2.33. The fraction of sp³-hybridized carbons (Fsp3) is 0.500. The Hall–Kier alpha value is -1.22. The average molecular weight is 397 g/mol. The fourth-order valence-corrected chi connectivity index (χ4v) is 3.34. The maximum Gasteiger partial charge on any atom is 0.168 e. The molecule has 3 heterocycles. The van der Waals surface area contributed by atoms with Crippen molar-refractivity contribution < 1.29 is 4.79 Å². The number of nitrogens with zero attached hydrogens (tertiary/aromatic N) is 3. The van der Waals surface area contributed by atoms with Crippen molar-refractivity contribution in [2.75, 3.05) is 23.0 Å². The molecule has 2 aromatic heterocycles. The van der Waals surface area contributed by atoms with Crippen molar-refractivity contribution in [1.29, 1.82) is 0 Å². The van der Waals surface area contributed by atoms with E-state index in [4.69, 9.17) is 0 Å². The number of fused-ring (bicyclic) bond motifs is 1. The van der Waals surface area contributed by atoms with Crippen LogP contribution in [0.25, 0.3) is 11.0 Å². The number of aromatic amines is 1. The van der Waals surface area contributed by atoms with Crippen molar-refractivity contribution in [3.8, 4) is 0 Å². The number of nitrogens with one attached hydrogen (secondary N) is 2. The van der Waals surface area contributed by atoms with Gasteiger partial charge in [-0.3, -0.25) is 9.69 Å². The minimum Gasteiger partial charge on any atom is -0.364 e. The standard InChI is InChI=1S/C14H16IN5O/c15-6-20-4-9(5-20)19-14-11-10(12(21)8-1-2-8)3-16-13(11)17-7-18-14/h3,7-9H,1-2,4-6H2,(H2,16,17,18,19). The van der Waals surface area contributed by atoms with Crippen LogP contribution in [0, 0.1) is 5.92 Å². The highest BCUT2D eigenvalue weighted by atomic mass is 127. The minimum atomic E-state index is 0.204. The minimum absolute atomic E-state index is 0.204. The van der Waals surface area contributed by atoms with Gasteiger partial charge in [-0.15, -0.1) is 0 Å². The molecule has 0 bridgehead atoms. The molecule has 2 N–H and O–H groups in total. The first-order chi connectivity index (χ1) is 10.3. The van der Waals surface area contributed by atoms with Gasteiger partial charge in [-0.25, -0.2) is 9.97 Å². The lowest BCUT2D eigenvalue weighted by Crippen LogP contribution is -2.53. The molecule has 21 heavy (non-hydrogen) atoms. The third-order valence-corrected chi connectivity index (χ3v) is 5.12. The van der Waals surface area contributed by atoms with Gasteiger partial charge in [0, 0.05) is 30.8 Å². The van der Waals surface area contributed by atoms with Crippen LogP contribution in [0.15, 0.2) is 12.5 Å². The van der Waals surface area contributed by atoms with Gasteiger partial charge in [0.1, 0.15) is 17.8 Å². The van der Waals surface area contributed by atoms with E-state index in [9.17, 15) is 4.79 Å². The first-order valence-corrected chi connectivity index (χ1v) is 8.70. The summed E-state index contributed by atoms with van der Waals surface area (Å²) in [5.41, 5.74) is 1.47. The second-order valence-electron chi connectivity index (χ2n) is 5.78. The number of anilines is 1. The van der Waals surface area contributed by atoms with Gasteiger partial charge < -0.3 is 10.3 Å².